The van der Waals surface area contributed by atoms with Crippen molar-refractivity contribution in [2.24, 2.45) is 0 Å². The first-order chi connectivity index (χ1) is 15.9. The zero-order valence-corrected chi connectivity index (χ0v) is 19.1. The van der Waals surface area contributed by atoms with E-state index >= 15 is 0 Å². The molecule has 1 aromatic heterocycles. The lowest BCUT2D eigenvalue weighted by Gasteiger charge is -2.28. The van der Waals surface area contributed by atoms with Gasteiger partial charge in [0.15, 0.2) is 11.6 Å². The van der Waals surface area contributed by atoms with E-state index in [1.54, 1.807) is 26.2 Å². The minimum atomic E-state index is -0.582. The Labute approximate surface area is 196 Å². The monoisotopic (exact) mass is 473 g/mol. The summed E-state index contributed by atoms with van der Waals surface area (Å²) < 4.78 is 25.4. The van der Waals surface area contributed by atoms with Crippen LogP contribution in [-0.4, -0.2) is 53.4 Å². The molecule has 4 rings (SSSR count). The molecule has 2 heterocycles. The van der Waals surface area contributed by atoms with Crippen LogP contribution in [0.1, 0.15) is 12.0 Å². The first kappa shape index (κ1) is 22.9. The Kier molecular flexibility index (Phi) is 7.00. The summed E-state index contributed by atoms with van der Waals surface area (Å²) in [5.41, 5.74) is 2.92. The highest BCUT2D eigenvalue weighted by atomic mass is 35.5. The highest BCUT2D eigenvalue weighted by Gasteiger charge is 2.18. The topological polar surface area (TPSA) is 91.8 Å². The SMILES string of the molecule is COC1=CC=C(Nc2nc(Nc3cc(C)c(O)c(Cl)c3)ncc2F)CC1=CN1CCOCC1. The normalized spacial score (nSPS) is 17.5. The predicted octanol–water partition coefficient (Wildman–Crippen LogP) is 4.47. The Morgan fingerprint density at radius 3 is 2.76 bits per heavy atom. The maximum absolute atomic E-state index is 14.5. The Morgan fingerprint density at radius 1 is 1.24 bits per heavy atom. The Hall–Kier alpha value is -3.30. The van der Waals surface area contributed by atoms with Crippen LogP contribution in [0.3, 0.4) is 0 Å². The zero-order valence-electron chi connectivity index (χ0n) is 18.4. The molecule has 0 radical (unpaired) electrons. The molecule has 0 unspecified atom stereocenters. The molecule has 1 aromatic carbocycles. The highest BCUT2D eigenvalue weighted by Crippen LogP contribution is 2.32. The Balaban J connectivity index is 1.52. The second-order valence-corrected chi connectivity index (χ2v) is 8.08. The molecule has 1 fully saturated rings. The summed E-state index contributed by atoms with van der Waals surface area (Å²) in [6.45, 7) is 4.71. The number of anilines is 3. The number of phenolic OH excluding ortho intramolecular Hbond substituents is 1. The van der Waals surface area contributed by atoms with Crippen molar-refractivity contribution >= 4 is 29.1 Å². The van der Waals surface area contributed by atoms with Crippen LogP contribution in [0, 0.1) is 12.7 Å². The number of morpholine rings is 1. The largest absolute Gasteiger partial charge is 0.506 e. The summed E-state index contributed by atoms with van der Waals surface area (Å²) in [6.07, 6.45) is 7.37. The van der Waals surface area contributed by atoms with Crippen molar-refractivity contribution in [2.75, 3.05) is 44.0 Å². The molecule has 0 amide bonds. The number of hydrogen-bond acceptors (Lipinski definition) is 8. The number of benzene rings is 1. The van der Waals surface area contributed by atoms with E-state index in [9.17, 15) is 9.50 Å². The number of hydrogen-bond donors (Lipinski definition) is 3. The van der Waals surface area contributed by atoms with Crippen molar-refractivity contribution in [2.45, 2.75) is 13.3 Å². The third-order valence-corrected chi connectivity index (χ3v) is 5.56. The number of phenols is 1. The minimum Gasteiger partial charge on any atom is -0.506 e. The minimum absolute atomic E-state index is 0.0123. The van der Waals surface area contributed by atoms with Gasteiger partial charge in [-0.1, -0.05) is 11.6 Å². The lowest BCUT2D eigenvalue weighted by atomic mass is 10.0. The summed E-state index contributed by atoms with van der Waals surface area (Å²) in [4.78, 5) is 10.5. The lowest BCUT2D eigenvalue weighted by molar-refractivity contribution is 0.0588. The van der Waals surface area contributed by atoms with Crippen LogP contribution in [0.5, 0.6) is 5.75 Å². The summed E-state index contributed by atoms with van der Waals surface area (Å²) in [7, 11) is 1.63. The number of nitrogens with one attached hydrogen (secondary N) is 2. The van der Waals surface area contributed by atoms with E-state index in [0.717, 1.165) is 36.3 Å². The lowest BCUT2D eigenvalue weighted by Crippen LogP contribution is -2.32. The molecular weight excluding hydrogens is 449 g/mol. The smallest absolute Gasteiger partial charge is 0.229 e. The van der Waals surface area contributed by atoms with E-state index in [1.165, 1.54) is 0 Å². The summed E-state index contributed by atoms with van der Waals surface area (Å²) in [6, 6.07) is 3.25. The van der Waals surface area contributed by atoms with Crippen molar-refractivity contribution in [3.63, 3.8) is 0 Å². The number of aromatic nitrogens is 2. The number of methoxy groups -OCH3 is 1. The number of allylic oxidation sites excluding steroid dienone is 4. The summed E-state index contributed by atoms with van der Waals surface area (Å²) >= 11 is 6.04. The molecule has 0 saturated carbocycles. The zero-order chi connectivity index (χ0) is 23.4. The molecular formula is C23H25ClFN5O3. The van der Waals surface area contributed by atoms with Crippen LogP contribution >= 0.6 is 11.6 Å². The van der Waals surface area contributed by atoms with Crippen molar-refractivity contribution in [1.82, 2.24) is 14.9 Å². The van der Waals surface area contributed by atoms with Gasteiger partial charge in [0.25, 0.3) is 0 Å². The first-order valence-corrected chi connectivity index (χ1v) is 10.8. The van der Waals surface area contributed by atoms with Crippen molar-refractivity contribution in [3.05, 3.63) is 70.1 Å². The fourth-order valence-corrected chi connectivity index (χ4v) is 3.83. The number of rotatable bonds is 6. The van der Waals surface area contributed by atoms with Crippen LogP contribution in [0.2, 0.25) is 5.02 Å². The second kappa shape index (κ2) is 10.1. The van der Waals surface area contributed by atoms with Gasteiger partial charge in [-0.05, 0) is 36.8 Å². The van der Waals surface area contributed by atoms with E-state index in [2.05, 4.69) is 31.7 Å². The number of halogens is 2. The molecule has 1 saturated heterocycles. The maximum atomic E-state index is 14.5. The third-order valence-electron chi connectivity index (χ3n) is 5.27. The Morgan fingerprint density at radius 2 is 2.03 bits per heavy atom. The summed E-state index contributed by atoms with van der Waals surface area (Å²) in [5.74, 6) is 0.422. The number of nitrogens with zero attached hydrogens (tertiary/aromatic N) is 3. The number of aromatic hydroxyl groups is 1. The molecule has 10 heteroatoms. The molecule has 0 bridgehead atoms. The molecule has 1 aliphatic heterocycles. The first-order valence-electron chi connectivity index (χ1n) is 10.5. The van der Waals surface area contributed by atoms with Gasteiger partial charge in [-0.15, -0.1) is 0 Å². The summed E-state index contributed by atoms with van der Waals surface area (Å²) in [5, 5.41) is 16.1. The average molecular weight is 474 g/mol. The van der Waals surface area contributed by atoms with E-state index < -0.39 is 5.82 Å². The van der Waals surface area contributed by atoms with Crippen LogP contribution < -0.4 is 10.6 Å². The van der Waals surface area contributed by atoms with Crippen molar-refractivity contribution in [1.29, 1.82) is 0 Å². The van der Waals surface area contributed by atoms with Gasteiger partial charge < -0.3 is 30.1 Å². The fourth-order valence-electron chi connectivity index (χ4n) is 3.56. The van der Waals surface area contributed by atoms with Crippen LogP contribution in [-0.2, 0) is 9.47 Å². The fraction of sp³-hybridized carbons (Fsp3) is 0.304. The van der Waals surface area contributed by atoms with Gasteiger partial charge in [-0.25, -0.2) is 9.37 Å². The van der Waals surface area contributed by atoms with Crippen molar-refractivity contribution in [3.8, 4) is 5.75 Å². The van der Waals surface area contributed by atoms with Gasteiger partial charge in [0.1, 0.15) is 11.5 Å². The quantitative estimate of drug-likeness (QED) is 0.529. The van der Waals surface area contributed by atoms with Gasteiger partial charge in [0.2, 0.25) is 5.95 Å². The van der Waals surface area contributed by atoms with Gasteiger partial charge >= 0.3 is 0 Å². The van der Waals surface area contributed by atoms with Crippen LogP contribution in [0.4, 0.5) is 21.8 Å². The third kappa shape index (κ3) is 5.55. The molecule has 0 atom stereocenters. The van der Waals surface area contributed by atoms with Gasteiger partial charge in [-0.2, -0.15) is 4.98 Å². The molecule has 174 valence electrons. The number of aryl methyl sites for hydroxylation is 1. The van der Waals surface area contributed by atoms with Gasteiger partial charge in [0.05, 0.1) is 31.5 Å². The molecule has 0 spiro atoms. The molecule has 1 aliphatic carbocycles. The van der Waals surface area contributed by atoms with Crippen molar-refractivity contribution < 1.29 is 19.0 Å². The predicted molar refractivity (Wildman–Crippen MR) is 125 cm³/mol. The molecule has 8 nitrogen and oxygen atoms in total. The van der Waals surface area contributed by atoms with E-state index in [4.69, 9.17) is 21.1 Å². The number of ether oxygens (including phenoxy) is 2. The standard InChI is InChI=1S/C23H25ClFN5O3/c1-14-9-17(11-18(24)21(14)31)28-23-26-12-19(25)22(29-23)27-16-3-4-20(32-2)15(10-16)13-30-5-7-33-8-6-30/h3-4,9,11-13,31H,5-8,10H2,1-2H3,(H2,26,27,28,29). The highest BCUT2D eigenvalue weighted by molar-refractivity contribution is 6.32. The van der Waals surface area contributed by atoms with Crippen LogP contribution in [0.15, 0.2) is 53.7 Å². The average Bonchev–Trinajstić information content (AvgIpc) is 2.80. The van der Waals surface area contributed by atoms with Gasteiger partial charge in [0, 0.05) is 42.7 Å². The van der Waals surface area contributed by atoms with Gasteiger partial charge in [-0.3, -0.25) is 0 Å². The molecule has 3 N–H and O–H groups in total. The Bertz CT molecular complexity index is 1110. The molecule has 2 aliphatic rings. The van der Waals surface area contributed by atoms with E-state index in [1.807, 2.05) is 12.2 Å². The molecule has 33 heavy (non-hydrogen) atoms. The molecule has 2 aromatic rings. The maximum Gasteiger partial charge on any atom is 0.229 e. The van der Waals surface area contributed by atoms with Crippen LogP contribution in [0.25, 0.3) is 0 Å². The van der Waals surface area contributed by atoms with E-state index in [-0.39, 0.29) is 22.5 Å². The second-order valence-electron chi connectivity index (χ2n) is 7.67. The van der Waals surface area contributed by atoms with E-state index in [0.29, 0.717) is 30.9 Å².